The number of aryl methyl sites for hydroxylation is 2. The fourth-order valence-electron chi connectivity index (χ4n) is 4.63. The molecular weight excluding hydrogens is 496 g/mol. The van der Waals surface area contributed by atoms with Crippen molar-refractivity contribution in [2.45, 2.75) is 69.6 Å². The van der Waals surface area contributed by atoms with Crippen molar-refractivity contribution in [2.24, 2.45) is 0 Å². The molecule has 39 heavy (non-hydrogen) atoms. The maximum Gasteiger partial charge on any atom is 0.343 e. The van der Waals surface area contributed by atoms with E-state index in [-0.39, 0.29) is 23.6 Å². The second kappa shape index (κ2) is 12.2. The van der Waals surface area contributed by atoms with Crippen LogP contribution in [0, 0.1) is 0 Å². The number of carbonyl (C=O) groups is 2. The molecule has 0 radical (unpaired) electrons. The number of ether oxygens (including phenoxy) is 1. The summed E-state index contributed by atoms with van der Waals surface area (Å²) in [6.45, 7) is 0. The molecule has 1 aromatic carbocycles. The SMILES string of the molecule is COC(=O)c1cnc(Nc2ccc(CCc3cc(C(=O)NC4CC4)ccn3)cc2)nc1NC1CCC(O)CC1. The van der Waals surface area contributed by atoms with E-state index >= 15 is 0 Å². The number of methoxy groups -OCH3 is 1. The largest absolute Gasteiger partial charge is 0.465 e. The molecule has 5 rings (SSSR count). The van der Waals surface area contributed by atoms with Gasteiger partial charge in [-0.2, -0.15) is 4.98 Å². The molecule has 2 fully saturated rings. The van der Waals surface area contributed by atoms with Crippen LogP contribution in [0.2, 0.25) is 0 Å². The number of nitrogens with zero attached hydrogens (tertiary/aromatic N) is 3. The van der Waals surface area contributed by atoms with E-state index in [4.69, 9.17) is 4.74 Å². The highest BCUT2D eigenvalue weighted by Crippen LogP contribution is 2.25. The van der Waals surface area contributed by atoms with E-state index in [0.29, 0.717) is 36.2 Å². The predicted octanol–water partition coefficient (Wildman–Crippen LogP) is 3.79. The first-order valence-corrected chi connectivity index (χ1v) is 13.5. The average molecular weight is 531 g/mol. The highest BCUT2D eigenvalue weighted by Gasteiger charge is 2.24. The monoisotopic (exact) mass is 530 g/mol. The van der Waals surface area contributed by atoms with Gasteiger partial charge in [0.1, 0.15) is 11.4 Å². The van der Waals surface area contributed by atoms with E-state index in [1.807, 2.05) is 30.3 Å². The maximum atomic E-state index is 12.3. The quantitative estimate of drug-likeness (QED) is 0.288. The average Bonchev–Trinajstić information content (AvgIpc) is 3.78. The second-order valence-electron chi connectivity index (χ2n) is 10.2. The third kappa shape index (κ3) is 7.29. The number of aromatic nitrogens is 3. The van der Waals surface area contributed by atoms with Crippen LogP contribution in [0.1, 0.15) is 70.5 Å². The smallest absolute Gasteiger partial charge is 0.343 e. The molecule has 2 heterocycles. The zero-order valence-corrected chi connectivity index (χ0v) is 22.0. The molecule has 2 aromatic heterocycles. The minimum Gasteiger partial charge on any atom is -0.465 e. The number of esters is 1. The first kappa shape index (κ1) is 26.6. The van der Waals surface area contributed by atoms with E-state index < -0.39 is 5.97 Å². The summed E-state index contributed by atoms with van der Waals surface area (Å²) in [5.74, 6) is 0.235. The Morgan fingerprint density at radius 2 is 1.72 bits per heavy atom. The van der Waals surface area contributed by atoms with Crippen molar-refractivity contribution < 1.29 is 19.4 Å². The molecule has 0 bridgehead atoms. The normalized spacial score (nSPS) is 18.7. The number of carbonyl (C=O) groups excluding carboxylic acids is 2. The minimum atomic E-state index is -0.507. The van der Waals surface area contributed by atoms with E-state index in [2.05, 4.69) is 30.9 Å². The van der Waals surface area contributed by atoms with Crippen molar-refractivity contribution in [3.05, 3.63) is 71.2 Å². The number of anilines is 3. The molecule has 10 nitrogen and oxygen atoms in total. The Morgan fingerprint density at radius 1 is 0.974 bits per heavy atom. The highest BCUT2D eigenvalue weighted by molar-refractivity contribution is 5.95. The number of aliphatic hydroxyl groups excluding tert-OH is 1. The van der Waals surface area contributed by atoms with Gasteiger partial charge in [-0.15, -0.1) is 0 Å². The first-order chi connectivity index (χ1) is 19.0. The topological polar surface area (TPSA) is 138 Å². The lowest BCUT2D eigenvalue weighted by Crippen LogP contribution is -2.29. The summed E-state index contributed by atoms with van der Waals surface area (Å²) in [6.07, 6.45) is 9.53. The second-order valence-corrected chi connectivity index (χ2v) is 10.2. The van der Waals surface area contributed by atoms with Crippen LogP contribution in [0.5, 0.6) is 0 Å². The summed E-state index contributed by atoms with van der Waals surface area (Å²) in [6, 6.07) is 12.0. The molecule has 0 atom stereocenters. The zero-order chi connectivity index (χ0) is 27.2. The van der Waals surface area contributed by atoms with Crippen molar-refractivity contribution in [2.75, 3.05) is 17.7 Å². The molecule has 1 amide bonds. The number of rotatable bonds is 10. The standard InChI is InChI=1S/C29H34N6O4/c1-39-28(38)25-17-31-29(35-26(25)32-20-10-12-24(36)13-11-20)34-22-5-2-18(3-6-22)4-7-23-16-19(14-15-30-23)27(37)33-21-8-9-21/h2-3,5-6,14-17,20-21,24,36H,4,7-13H2,1H3,(H,33,37)(H2,31,32,34,35). The van der Waals surface area contributed by atoms with Gasteiger partial charge in [-0.1, -0.05) is 12.1 Å². The molecule has 2 saturated carbocycles. The third-order valence-corrected chi connectivity index (χ3v) is 7.10. The van der Waals surface area contributed by atoms with Gasteiger partial charge in [0.15, 0.2) is 0 Å². The van der Waals surface area contributed by atoms with Gasteiger partial charge < -0.3 is 25.8 Å². The molecule has 10 heteroatoms. The van der Waals surface area contributed by atoms with Crippen LogP contribution in [0.15, 0.2) is 48.8 Å². The Kier molecular flexibility index (Phi) is 8.31. The molecule has 0 aliphatic heterocycles. The molecule has 2 aliphatic carbocycles. The Morgan fingerprint density at radius 3 is 2.44 bits per heavy atom. The summed E-state index contributed by atoms with van der Waals surface area (Å²) in [4.78, 5) is 37.9. The fraction of sp³-hybridized carbons (Fsp3) is 0.414. The van der Waals surface area contributed by atoms with Crippen LogP contribution < -0.4 is 16.0 Å². The van der Waals surface area contributed by atoms with Crippen molar-refractivity contribution in [1.29, 1.82) is 0 Å². The van der Waals surface area contributed by atoms with Gasteiger partial charge in [-0.3, -0.25) is 9.78 Å². The van der Waals surface area contributed by atoms with Gasteiger partial charge in [-0.05, 0) is 81.2 Å². The Labute approximate surface area is 227 Å². The predicted molar refractivity (Wildman–Crippen MR) is 147 cm³/mol. The van der Waals surface area contributed by atoms with E-state index in [1.54, 1.807) is 12.3 Å². The van der Waals surface area contributed by atoms with Gasteiger partial charge in [0.05, 0.1) is 13.2 Å². The number of nitrogens with one attached hydrogen (secondary N) is 3. The van der Waals surface area contributed by atoms with Gasteiger partial charge >= 0.3 is 5.97 Å². The van der Waals surface area contributed by atoms with Gasteiger partial charge in [0, 0.05) is 41.4 Å². The number of hydrogen-bond donors (Lipinski definition) is 4. The van der Waals surface area contributed by atoms with Crippen molar-refractivity contribution in [3.63, 3.8) is 0 Å². The number of pyridine rings is 1. The van der Waals surface area contributed by atoms with Crippen LogP contribution in [0.3, 0.4) is 0 Å². The summed E-state index contributed by atoms with van der Waals surface area (Å²) in [7, 11) is 1.33. The summed E-state index contributed by atoms with van der Waals surface area (Å²) < 4.78 is 4.90. The van der Waals surface area contributed by atoms with E-state index in [9.17, 15) is 14.7 Å². The Hall–Kier alpha value is -4.05. The Bertz CT molecular complexity index is 1300. The van der Waals surface area contributed by atoms with Gasteiger partial charge in [0.2, 0.25) is 5.95 Å². The lowest BCUT2D eigenvalue weighted by atomic mass is 9.93. The van der Waals surface area contributed by atoms with Crippen LogP contribution in [-0.2, 0) is 17.6 Å². The van der Waals surface area contributed by atoms with Gasteiger partial charge in [-0.25, -0.2) is 9.78 Å². The molecule has 2 aliphatic rings. The first-order valence-electron chi connectivity index (χ1n) is 13.5. The number of hydrogen-bond acceptors (Lipinski definition) is 9. The highest BCUT2D eigenvalue weighted by atomic mass is 16.5. The molecule has 4 N–H and O–H groups in total. The maximum absolute atomic E-state index is 12.3. The minimum absolute atomic E-state index is 0.0330. The molecule has 0 unspecified atom stereocenters. The summed E-state index contributed by atoms with van der Waals surface area (Å²) in [5, 5.41) is 19.4. The lowest BCUT2D eigenvalue weighted by Gasteiger charge is -2.27. The lowest BCUT2D eigenvalue weighted by molar-refractivity contribution is 0.0600. The molecular formula is C29H34N6O4. The fourth-order valence-corrected chi connectivity index (χ4v) is 4.63. The van der Waals surface area contributed by atoms with Crippen LogP contribution in [-0.4, -0.2) is 57.2 Å². The third-order valence-electron chi connectivity index (χ3n) is 7.10. The number of benzene rings is 1. The molecule has 0 spiro atoms. The van der Waals surface area contributed by atoms with Crippen LogP contribution in [0.4, 0.5) is 17.5 Å². The van der Waals surface area contributed by atoms with Crippen molar-refractivity contribution >= 4 is 29.3 Å². The number of aliphatic hydroxyl groups is 1. The van der Waals surface area contributed by atoms with Gasteiger partial charge in [0.25, 0.3) is 5.91 Å². The molecule has 3 aromatic rings. The van der Waals surface area contributed by atoms with Crippen LogP contribution in [0.25, 0.3) is 0 Å². The number of amides is 1. The van der Waals surface area contributed by atoms with Crippen LogP contribution >= 0.6 is 0 Å². The van der Waals surface area contributed by atoms with E-state index in [1.165, 1.54) is 13.3 Å². The van der Waals surface area contributed by atoms with E-state index in [0.717, 1.165) is 55.5 Å². The van der Waals surface area contributed by atoms with Crippen molar-refractivity contribution in [3.8, 4) is 0 Å². The molecule has 0 saturated heterocycles. The summed E-state index contributed by atoms with van der Waals surface area (Å²) in [5.41, 5.74) is 3.76. The molecule has 204 valence electrons. The van der Waals surface area contributed by atoms with Crippen molar-refractivity contribution in [1.82, 2.24) is 20.3 Å². The Balaban J connectivity index is 1.20. The summed E-state index contributed by atoms with van der Waals surface area (Å²) >= 11 is 0. The zero-order valence-electron chi connectivity index (χ0n) is 22.0.